The zero-order valence-corrected chi connectivity index (χ0v) is 11.3. The smallest absolute Gasteiger partial charge is 0.305 e. The minimum Gasteiger partial charge on any atom is -0.481 e. The molecule has 0 aromatic carbocycles. The van der Waals surface area contributed by atoms with Crippen molar-refractivity contribution >= 4 is 11.9 Å². The van der Waals surface area contributed by atoms with Crippen LogP contribution in [-0.4, -0.2) is 29.6 Å². The molecule has 0 aliphatic heterocycles. The highest BCUT2D eigenvalue weighted by Crippen LogP contribution is 2.35. The first-order valence-electron chi connectivity index (χ1n) is 7.34. The summed E-state index contributed by atoms with van der Waals surface area (Å²) in [5.74, 6) is -0.211. The van der Waals surface area contributed by atoms with Crippen molar-refractivity contribution in [3.63, 3.8) is 0 Å². The van der Waals surface area contributed by atoms with Crippen LogP contribution in [0.2, 0.25) is 0 Å². The molecule has 2 rings (SSSR count). The van der Waals surface area contributed by atoms with E-state index >= 15 is 0 Å². The molecule has 3 unspecified atom stereocenters. The van der Waals surface area contributed by atoms with Gasteiger partial charge in [0.15, 0.2) is 0 Å². The van der Waals surface area contributed by atoms with Gasteiger partial charge in [0.25, 0.3) is 0 Å². The van der Waals surface area contributed by atoms with Crippen LogP contribution >= 0.6 is 0 Å². The number of hydrogen-bond acceptors (Lipinski definition) is 3. The summed E-state index contributed by atoms with van der Waals surface area (Å²) in [4.78, 5) is 23.2. The van der Waals surface area contributed by atoms with Gasteiger partial charge in [0.1, 0.15) is 0 Å². The van der Waals surface area contributed by atoms with Gasteiger partial charge in [-0.2, -0.15) is 0 Å². The monoisotopic (exact) mass is 268 g/mol. The molecule has 0 saturated heterocycles. The molecule has 2 aliphatic rings. The molecule has 1 amide bonds. The first kappa shape index (κ1) is 14.3. The maximum absolute atomic E-state index is 12.3. The van der Waals surface area contributed by atoms with Gasteiger partial charge in [-0.1, -0.05) is 12.8 Å². The number of rotatable bonds is 6. The van der Waals surface area contributed by atoms with Crippen molar-refractivity contribution in [3.8, 4) is 0 Å². The van der Waals surface area contributed by atoms with E-state index in [9.17, 15) is 9.59 Å². The van der Waals surface area contributed by atoms with Crippen molar-refractivity contribution in [2.75, 3.05) is 6.54 Å². The van der Waals surface area contributed by atoms with Crippen LogP contribution in [0.5, 0.6) is 0 Å². The fourth-order valence-corrected chi connectivity index (χ4v) is 3.15. The number of carboxylic acid groups (broad SMARTS) is 1. The van der Waals surface area contributed by atoms with Crippen molar-refractivity contribution in [3.05, 3.63) is 0 Å². The highest BCUT2D eigenvalue weighted by atomic mass is 16.4. The molecule has 2 saturated carbocycles. The zero-order valence-electron chi connectivity index (χ0n) is 11.3. The van der Waals surface area contributed by atoms with Gasteiger partial charge in [-0.15, -0.1) is 0 Å². The Bertz CT molecular complexity index is 342. The van der Waals surface area contributed by atoms with E-state index in [1.807, 2.05) is 0 Å². The van der Waals surface area contributed by atoms with E-state index in [4.69, 9.17) is 10.8 Å². The van der Waals surface area contributed by atoms with Crippen LogP contribution in [0.4, 0.5) is 0 Å². The average molecular weight is 268 g/mol. The third kappa shape index (κ3) is 3.93. The van der Waals surface area contributed by atoms with E-state index in [-0.39, 0.29) is 30.2 Å². The number of carbonyl (C=O) groups excluding carboxylic acids is 1. The molecular weight excluding hydrogens is 244 g/mol. The molecule has 108 valence electrons. The summed E-state index contributed by atoms with van der Waals surface area (Å²) >= 11 is 0. The summed E-state index contributed by atoms with van der Waals surface area (Å²) in [6.07, 6.45) is 6.22. The number of nitrogens with one attached hydrogen (secondary N) is 1. The van der Waals surface area contributed by atoms with Gasteiger partial charge in [0.2, 0.25) is 5.91 Å². The molecule has 0 bridgehead atoms. The van der Waals surface area contributed by atoms with Crippen LogP contribution in [0.15, 0.2) is 0 Å². The predicted molar refractivity (Wildman–Crippen MR) is 71.4 cm³/mol. The molecule has 0 aromatic rings. The number of amides is 1. The molecule has 19 heavy (non-hydrogen) atoms. The van der Waals surface area contributed by atoms with E-state index in [2.05, 4.69) is 5.32 Å². The standard InChI is InChI=1S/C14H24N2O3/c15-8-10-3-1-2-4-11(10)14(19)16-12(7-13(17)18)9-5-6-9/h9-12H,1-8,15H2,(H,16,19)(H,17,18). The largest absolute Gasteiger partial charge is 0.481 e. The van der Waals surface area contributed by atoms with Gasteiger partial charge in [-0.25, -0.2) is 0 Å². The van der Waals surface area contributed by atoms with Crippen LogP contribution in [0, 0.1) is 17.8 Å². The maximum Gasteiger partial charge on any atom is 0.305 e. The highest BCUT2D eigenvalue weighted by molar-refractivity contribution is 5.80. The molecular formula is C14H24N2O3. The minimum absolute atomic E-state index is 0.0196. The maximum atomic E-state index is 12.3. The molecule has 0 aromatic heterocycles. The van der Waals surface area contributed by atoms with Gasteiger partial charge in [0, 0.05) is 12.0 Å². The SMILES string of the molecule is NCC1CCCCC1C(=O)NC(CC(=O)O)C1CC1. The summed E-state index contributed by atoms with van der Waals surface area (Å²) in [5.41, 5.74) is 5.74. The molecule has 5 nitrogen and oxygen atoms in total. The van der Waals surface area contributed by atoms with Crippen LogP contribution in [-0.2, 0) is 9.59 Å². The summed E-state index contributed by atoms with van der Waals surface area (Å²) in [6, 6.07) is -0.189. The first-order chi connectivity index (χ1) is 9.11. The minimum atomic E-state index is -0.837. The fourth-order valence-electron chi connectivity index (χ4n) is 3.15. The second kappa shape index (κ2) is 6.37. The van der Waals surface area contributed by atoms with Crippen molar-refractivity contribution < 1.29 is 14.7 Å². The van der Waals surface area contributed by atoms with Crippen LogP contribution in [0.1, 0.15) is 44.9 Å². The number of carboxylic acids is 1. The summed E-state index contributed by atoms with van der Waals surface area (Å²) in [6.45, 7) is 0.547. The van der Waals surface area contributed by atoms with E-state index in [1.165, 1.54) is 0 Å². The molecule has 2 fully saturated rings. The van der Waals surface area contributed by atoms with Gasteiger partial charge in [-0.3, -0.25) is 9.59 Å². The van der Waals surface area contributed by atoms with Gasteiger partial charge < -0.3 is 16.2 Å². The van der Waals surface area contributed by atoms with Crippen molar-refractivity contribution in [1.29, 1.82) is 0 Å². The fraction of sp³-hybridized carbons (Fsp3) is 0.857. The zero-order chi connectivity index (χ0) is 13.8. The Morgan fingerprint density at radius 3 is 2.47 bits per heavy atom. The van der Waals surface area contributed by atoms with Crippen LogP contribution in [0.25, 0.3) is 0 Å². The Labute approximate surface area is 113 Å². The molecule has 0 heterocycles. The quantitative estimate of drug-likeness (QED) is 0.673. The van der Waals surface area contributed by atoms with E-state index < -0.39 is 5.97 Å². The summed E-state index contributed by atoms with van der Waals surface area (Å²) < 4.78 is 0. The third-order valence-electron chi connectivity index (χ3n) is 4.46. The summed E-state index contributed by atoms with van der Waals surface area (Å²) in [7, 11) is 0. The number of aliphatic carboxylic acids is 1. The molecule has 0 radical (unpaired) electrons. The highest BCUT2D eigenvalue weighted by Gasteiger charge is 2.37. The normalized spacial score (nSPS) is 28.7. The lowest BCUT2D eigenvalue weighted by Gasteiger charge is -2.31. The molecule has 2 aliphatic carbocycles. The number of carbonyl (C=O) groups is 2. The van der Waals surface area contributed by atoms with Crippen LogP contribution in [0.3, 0.4) is 0 Å². The van der Waals surface area contributed by atoms with E-state index in [0.717, 1.165) is 38.5 Å². The lowest BCUT2D eigenvalue weighted by Crippen LogP contribution is -2.45. The average Bonchev–Trinajstić information content (AvgIpc) is 3.21. The van der Waals surface area contributed by atoms with Crippen molar-refractivity contribution in [1.82, 2.24) is 5.32 Å². The second-order valence-electron chi connectivity index (χ2n) is 5.94. The third-order valence-corrected chi connectivity index (χ3v) is 4.46. The van der Waals surface area contributed by atoms with Crippen molar-refractivity contribution in [2.24, 2.45) is 23.5 Å². The molecule has 0 spiro atoms. The van der Waals surface area contributed by atoms with Gasteiger partial charge in [0.05, 0.1) is 6.42 Å². The second-order valence-corrected chi connectivity index (χ2v) is 5.94. The lowest BCUT2D eigenvalue weighted by molar-refractivity contribution is -0.138. The predicted octanol–water partition coefficient (Wildman–Crippen LogP) is 1.12. The van der Waals surface area contributed by atoms with Crippen LogP contribution < -0.4 is 11.1 Å². The van der Waals surface area contributed by atoms with Gasteiger partial charge >= 0.3 is 5.97 Å². The van der Waals surface area contributed by atoms with E-state index in [0.29, 0.717) is 12.5 Å². The Morgan fingerprint density at radius 1 is 1.21 bits per heavy atom. The van der Waals surface area contributed by atoms with Gasteiger partial charge in [-0.05, 0) is 44.1 Å². The Morgan fingerprint density at radius 2 is 1.89 bits per heavy atom. The molecule has 5 heteroatoms. The Hall–Kier alpha value is -1.10. The number of nitrogens with two attached hydrogens (primary N) is 1. The number of hydrogen-bond donors (Lipinski definition) is 3. The molecule has 3 atom stereocenters. The first-order valence-corrected chi connectivity index (χ1v) is 7.34. The van der Waals surface area contributed by atoms with Crippen molar-refractivity contribution in [2.45, 2.75) is 51.0 Å². The molecule has 4 N–H and O–H groups in total. The topological polar surface area (TPSA) is 92.4 Å². The summed E-state index contributed by atoms with van der Waals surface area (Å²) in [5, 5.41) is 11.9. The Kier molecular flexibility index (Phi) is 4.80. The lowest BCUT2D eigenvalue weighted by atomic mass is 9.78. The van der Waals surface area contributed by atoms with E-state index in [1.54, 1.807) is 0 Å². The Balaban J connectivity index is 1.91.